The molecule has 1 atom stereocenters. The average Bonchev–Trinajstić information content (AvgIpc) is 2.82. The fourth-order valence-electron chi connectivity index (χ4n) is 1.86. The monoisotopic (exact) mass is 268 g/mol. The van der Waals surface area contributed by atoms with E-state index >= 15 is 0 Å². The van der Waals surface area contributed by atoms with Gasteiger partial charge in [-0.05, 0) is 0 Å². The van der Waals surface area contributed by atoms with Crippen molar-refractivity contribution < 1.29 is 19.4 Å². The van der Waals surface area contributed by atoms with Gasteiger partial charge in [0.2, 0.25) is 0 Å². The molecule has 104 valence electrons. The van der Waals surface area contributed by atoms with Crippen molar-refractivity contribution in [2.45, 2.75) is 6.04 Å². The highest BCUT2D eigenvalue weighted by molar-refractivity contribution is 5.83. The predicted octanol–water partition coefficient (Wildman–Crippen LogP) is -0.412. The Morgan fingerprint density at radius 3 is 2.68 bits per heavy atom. The highest BCUT2D eigenvalue weighted by Crippen LogP contribution is 2.12. The SMILES string of the molecule is Cn1cc(C(NC(=O)N2CCOCC2)C(=O)O)cn1. The lowest BCUT2D eigenvalue weighted by molar-refractivity contribution is -0.139. The van der Waals surface area contributed by atoms with Crippen LogP contribution in [0.5, 0.6) is 0 Å². The molecule has 1 unspecified atom stereocenters. The molecule has 0 radical (unpaired) electrons. The van der Waals surface area contributed by atoms with E-state index in [4.69, 9.17) is 4.74 Å². The van der Waals surface area contributed by atoms with Gasteiger partial charge in [-0.3, -0.25) is 4.68 Å². The number of aryl methyl sites for hydroxylation is 1. The van der Waals surface area contributed by atoms with Gasteiger partial charge in [0.05, 0.1) is 19.4 Å². The van der Waals surface area contributed by atoms with Gasteiger partial charge in [-0.25, -0.2) is 9.59 Å². The smallest absolute Gasteiger partial charge is 0.331 e. The third-order valence-electron chi connectivity index (χ3n) is 2.87. The van der Waals surface area contributed by atoms with Crippen molar-refractivity contribution in [1.29, 1.82) is 0 Å². The average molecular weight is 268 g/mol. The Hall–Kier alpha value is -2.09. The first-order chi connectivity index (χ1) is 9.08. The number of ether oxygens (including phenoxy) is 1. The summed E-state index contributed by atoms with van der Waals surface area (Å²) in [4.78, 5) is 24.7. The van der Waals surface area contributed by atoms with E-state index in [1.54, 1.807) is 13.2 Å². The Morgan fingerprint density at radius 2 is 2.16 bits per heavy atom. The molecule has 1 aliphatic heterocycles. The molecular weight excluding hydrogens is 252 g/mol. The summed E-state index contributed by atoms with van der Waals surface area (Å²) < 4.78 is 6.63. The lowest BCUT2D eigenvalue weighted by Crippen LogP contribution is -2.48. The summed E-state index contributed by atoms with van der Waals surface area (Å²) in [5, 5.41) is 15.6. The minimum absolute atomic E-state index is 0.403. The molecule has 1 aromatic rings. The summed E-state index contributed by atoms with van der Waals surface area (Å²) in [6, 6.07) is -1.50. The number of rotatable bonds is 3. The lowest BCUT2D eigenvalue weighted by atomic mass is 10.1. The van der Waals surface area contributed by atoms with Crippen LogP contribution >= 0.6 is 0 Å². The van der Waals surface area contributed by atoms with E-state index in [0.29, 0.717) is 31.9 Å². The summed E-state index contributed by atoms with van der Waals surface area (Å²) in [5.74, 6) is -1.12. The summed E-state index contributed by atoms with van der Waals surface area (Å²) in [5.41, 5.74) is 0.441. The molecule has 19 heavy (non-hydrogen) atoms. The van der Waals surface area contributed by atoms with Crippen LogP contribution in [0.15, 0.2) is 12.4 Å². The number of hydrogen-bond acceptors (Lipinski definition) is 4. The Balaban J connectivity index is 2.04. The zero-order valence-electron chi connectivity index (χ0n) is 10.6. The molecule has 1 fully saturated rings. The van der Waals surface area contributed by atoms with Crippen molar-refractivity contribution in [2.75, 3.05) is 26.3 Å². The van der Waals surface area contributed by atoms with Crippen LogP contribution in [0.25, 0.3) is 0 Å². The second kappa shape index (κ2) is 5.70. The second-order valence-corrected chi connectivity index (χ2v) is 4.27. The normalized spacial score (nSPS) is 17.0. The van der Waals surface area contributed by atoms with Crippen LogP contribution in [-0.2, 0) is 16.6 Å². The molecule has 0 aromatic carbocycles. The summed E-state index contributed by atoms with van der Waals surface area (Å²) >= 11 is 0. The quantitative estimate of drug-likeness (QED) is 0.776. The molecule has 0 spiro atoms. The number of carboxylic acids is 1. The maximum Gasteiger partial charge on any atom is 0.331 e. The summed E-state index contributed by atoms with van der Waals surface area (Å²) in [6.07, 6.45) is 3.00. The van der Waals surface area contributed by atoms with Crippen LogP contribution in [0.4, 0.5) is 4.79 Å². The molecule has 1 saturated heterocycles. The van der Waals surface area contributed by atoms with Crippen LogP contribution in [0.3, 0.4) is 0 Å². The molecule has 1 aliphatic rings. The van der Waals surface area contributed by atoms with E-state index in [1.165, 1.54) is 15.8 Å². The van der Waals surface area contributed by atoms with Gasteiger partial charge in [0, 0.05) is 31.9 Å². The highest BCUT2D eigenvalue weighted by atomic mass is 16.5. The Kier molecular flexibility index (Phi) is 4.00. The molecular formula is C11H16N4O4. The zero-order valence-corrected chi connectivity index (χ0v) is 10.6. The van der Waals surface area contributed by atoms with E-state index < -0.39 is 18.0 Å². The van der Waals surface area contributed by atoms with Crippen LogP contribution in [0.2, 0.25) is 0 Å². The van der Waals surface area contributed by atoms with Crippen molar-refractivity contribution in [3.05, 3.63) is 18.0 Å². The first-order valence-electron chi connectivity index (χ1n) is 5.92. The van der Waals surface area contributed by atoms with E-state index in [-0.39, 0.29) is 0 Å². The number of nitrogens with one attached hydrogen (secondary N) is 1. The number of carboxylic acid groups (broad SMARTS) is 1. The van der Waals surface area contributed by atoms with Gasteiger partial charge >= 0.3 is 12.0 Å². The Labute approximate surface area is 109 Å². The van der Waals surface area contributed by atoms with Gasteiger partial charge < -0.3 is 20.1 Å². The first-order valence-corrected chi connectivity index (χ1v) is 5.92. The summed E-state index contributed by atoms with van der Waals surface area (Å²) in [7, 11) is 1.69. The third-order valence-corrected chi connectivity index (χ3v) is 2.87. The van der Waals surface area contributed by atoms with Crippen molar-refractivity contribution in [3.8, 4) is 0 Å². The van der Waals surface area contributed by atoms with E-state index in [9.17, 15) is 14.7 Å². The van der Waals surface area contributed by atoms with Crippen molar-refractivity contribution in [1.82, 2.24) is 20.0 Å². The predicted molar refractivity (Wildman–Crippen MR) is 64.5 cm³/mol. The molecule has 0 bridgehead atoms. The standard InChI is InChI=1S/C11H16N4O4/c1-14-7-8(6-12-14)9(10(16)17)13-11(18)15-2-4-19-5-3-15/h6-7,9H,2-5H2,1H3,(H,13,18)(H,16,17). The van der Waals surface area contributed by atoms with E-state index in [1.807, 2.05) is 0 Å². The molecule has 8 heteroatoms. The van der Waals surface area contributed by atoms with E-state index in [0.717, 1.165) is 0 Å². The number of hydrogen-bond donors (Lipinski definition) is 2. The first kappa shape index (κ1) is 13.3. The van der Waals surface area contributed by atoms with Crippen molar-refractivity contribution in [3.63, 3.8) is 0 Å². The Bertz CT molecular complexity index is 467. The minimum atomic E-state index is -1.12. The molecule has 1 aromatic heterocycles. The zero-order chi connectivity index (χ0) is 13.8. The number of aromatic nitrogens is 2. The third kappa shape index (κ3) is 3.22. The molecule has 2 N–H and O–H groups in total. The minimum Gasteiger partial charge on any atom is -0.479 e. The van der Waals surface area contributed by atoms with Gasteiger partial charge in [0.25, 0.3) is 0 Å². The van der Waals surface area contributed by atoms with Crippen LogP contribution < -0.4 is 5.32 Å². The number of aliphatic carboxylic acids is 1. The van der Waals surface area contributed by atoms with E-state index in [2.05, 4.69) is 10.4 Å². The molecule has 8 nitrogen and oxygen atoms in total. The largest absolute Gasteiger partial charge is 0.479 e. The van der Waals surface area contributed by atoms with Gasteiger partial charge in [-0.1, -0.05) is 0 Å². The maximum atomic E-state index is 12.0. The van der Waals surface area contributed by atoms with Gasteiger partial charge in [-0.2, -0.15) is 5.10 Å². The van der Waals surface area contributed by atoms with Crippen molar-refractivity contribution in [2.24, 2.45) is 7.05 Å². The fourth-order valence-corrected chi connectivity index (χ4v) is 1.86. The van der Waals surface area contributed by atoms with Crippen LogP contribution in [0.1, 0.15) is 11.6 Å². The number of carbonyl (C=O) groups is 2. The molecule has 0 aliphatic carbocycles. The van der Waals surface area contributed by atoms with Gasteiger partial charge in [0.1, 0.15) is 0 Å². The van der Waals surface area contributed by atoms with Crippen molar-refractivity contribution >= 4 is 12.0 Å². The molecule has 0 saturated carbocycles. The second-order valence-electron chi connectivity index (χ2n) is 4.27. The number of nitrogens with zero attached hydrogens (tertiary/aromatic N) is 3. The maximum absolute atomic E-state index is 12.0. The molecule has 2 heterocycles. The number of morpholine rings is 1. The topological polar surface area (TPSA) is 96.7 Å². The highest BCUT2D eigenvalue weighted by Gasteiger charge is 2.26. The van der Waals surface area contributed by atoms with Crippen LogP contribution in [-0.4, -0.2) is 58.1 Å². The summed E-state index contributed by atoms with van der Waals surface area (Å²) in [6.45, 7) is 1.87. The van der Waals surface area contributed by atoms with Gasteiger partial charge in [-0.15, -0.1) is 0 Å². The van der Waals surface area contributed by atoms with Gasteiger partial charge in [0.15, 0.2) is 6.04 Å². The Morgan fingerprint density at radius 1 is 1.47 bits per heavy atom. The molecule has 2 amide bonds. The number of amides is 2. The molecule has 2 rings (SSSR count). The lowest BCUT2D eigenvalue weighted by Gasteiger charge is -2.28. The number of carbonyl (C=O) groups excluding carboxylic acids is 1. The van der Waals surface area contributed by atoms with Crippen LogP contribution in [0, 0.1) is 0 Å². The fraction of sp³-hybridized carbons (Fsp3) is 0.545. The number of urea groups is 1.